The molecular weight excluding hydrogens is 438 g/mol. The minimum atomic E-state index is -3.82. The highest BCUT2D eigenvalue weighted by Gasteiger charge is 2.29. The second kappa shape index (κ2) is 10.9. The van der Waals surface area contributed by atoms with E-state index >= 15 is 0 Å². The van der Waals surface area contributed by atoms with Crippen LogP contribution in [0.5, 0.6) is 0 Å². The van der Waals surface area contributed by atoms with E-state index in [0.717, 1.165) is 28.9 Å². The molecule has 1 aromatic carbocycles. The normalized spacial score (nSPS) is 15.8. The van der Waals surface area contributed by atoms with Gasteiger partial charge >= 0.3 is 0 Å². The number of aromatic nitrogens is 3. The lowest BCUT2D eigenvalue weighted by Crippen LogP contribution is -2.33. The van der Waals surface area contributed by atoms with Crippen LogP contribution in [0.3, 0.4) is 0 Å². The van der Waals surface area contributed by atoms with Gasteiger partial charge in [-0.1, -0.05) is 31.5 Å². The van der Waals surface area contributed by atoms with Crippen molar-refractivity contribution >= 4 is 38.5 Å². The molecule has 10 heteroatoms. The number of aliphatic hydroxyl groups excluding tert-OH is 1. The first-order valence-electron chi connectivity index (χ1n) is 10.2. The molecule has 0 radical (unpaired) electrons. The van der Waals surface area contributed by atoms with E-state index in [1.165, 1.54) is 13.2 Å². The number of hydrogen-bond acceptors (Lipinski definition) is 7. The van der Waals surface area contributed by atoms with Crippen molar-refractivity contribution in [1.29, 1.82) is 0 Å². The van der Waals surface area contributed by atoms with E-state index in [9.17, 15) is 13.5 Å². The summed E-state index contributed by atoms with van der Waals surface area (Å²) in [6.45, 7) is 6.63. The second-order valence-corrected chi connectivity index (χ2v) is 8.81. The third-order valence-corrected chi connectivity index (χ3v) is 6.75. The summed E-state index contributed by atoms with van der Waals surface area (Å²) in [7, 11) is -2.32. The maximum Gasteiger partial charge on any atom is 0.269 e. The number of hydrogen-bond donors (Lipinski definition) is 2. The molecule has 31 heavy (non-hydrogen) atoms. The van der Waals surface area contributed by atoms with E-state index in [-0.39, 0.29) is 28.5 Å². The van der Waals surface area contributed by atoms with Gasteiger partial charge in [-0.25, -0.2) is 12.4 Å². The fourth-order valence-electron chi connectivity index (χ4n) is 3.49. The van der Waals surface area contributed by atoms with Gasteiger partial charge in [-0.2, -0.15) is 9.97 Å². The van der Waals surface area contributed by atoms with Crippen molar-refractivity contribution in [2.24, 2.45) is 5.73 Å². The van der Waals surface area contributed by atoms with E-state index in [0.29, 0.717) is 11.2 Å². The van der Waals surface area contributed by atoms with Crippen LogP contribution in [0, 0.1) is 6.92 Å². The maximum absolute atomic E-state index is 13.1. The molecule has 0 bridgehead atoms. The van der Waals surface area contributed by atoms with E-state index < -0.39 is 10.0 Å². The Labute approximate surface area is 188 Å². The van der Waals surface area contributed by atoms with Crippen LogP contribution in [0.15, 0.2) is 41.4 Å². The Bertz CT molecular complexity index is 1100. The smallest absolute Gasteiger partial charge is 0.269 e. The summed E-state index contributed by atoms with van der Waals surface area (Å²) in [6.07, 6.45) is 3.25. The van der Waals surface area contributed by atoms with E-state index in [1.54, 1.807) is 30.3 Å². The number of halogens is 1. The minimum Gasteiger partial charge on any atom is -0.394 e. The molecule has 0 amide bonds. The number of benzene rings is 1. The summed E-state index contributed by atoms with van der Waals surface area (Å²) < 4.78 is 27.3. The molecule has 1 saturated heterocycles. The molecule has 1 atom stereocenters. The van der Waals surface area contributed by atoms with Crippen molar-refractivity contribution in [2.75, 3.05) is 25.1 Å². The summed E-state index contributed by atoms with van der Waals surface area (Å²) in [5.41, 5.74) is 5.71. The third-order valence-electron chi connectivity index (χ3n) is 4.90. The maximum atomic E-state index is 13.1. The van der Waals surface area contributed by atoms with E-state index in [2.05, 4.69) is 15.7 Å². The Morgan fingerprint density at radius 2 is 1.81 bits per heavy atom. The zero-order chi connectivity index (χ0) is 23.2. The Kier molecular flexibility index (Phi) is 8.81. The van der Waals surface area contributed by atoms with Gasteiger partial charge in [0.25, 0.3) is 10.0 Å². The molecule has 1 aliphatic heterocycles. The molecule has 1 aliphatic rings. The van der Waals surface area contributed by atoms with E-state index in [4.69, 9.17) is 11.6 Å². The first-order chi connectivity index (χ1) is 14.9. The van der Waals surface area contributed by atoms with Gasteiger partial charge in [0.2, 0.25) is 5.28 Å². The number of nitrogens with zero attached hydrogens (tertiary/aromatic N) is 4. The lowest BCUT2D eigenvalue weighted by molar-refractivity contribution is 0.266. The van der Waals surface area contributed by atoms with Crippen molar-refractivity contribution in [3.63, 3.8) is 0 Å². The number of nitrogens with two attached hydrogens (primary N) is 1. The predicted octanol–water partition coefficient (Wildman–Crippen LogP) is 3.19. The molecule has 4 rings (SSSR count). The molecule has 3 aromatic rings. The van der Waals surface area contributed by atoms with E-state index in [1.807, 2.05) is 25.7 Å². The van der Waals surface area contributed by atoms with Crippen molar-refractivity contribution in [3.8, 4) is 0 Å². The zero-order valence-electron chi connectivity index (χ0n) is 18.3. The van der Waals surface area contributed by atoms with Gasteiger partial charge < -0.3 is 15.7 Å². The zero-order valence-corrected chi connectivity index (χ0v) is 19.9. The lowest BCUT2D eigenvalue weighted by atomic mass is 10.2. The predicted molar refractivity (Wildman–Crippen MR) is 125 cm³/mol. The van der Waals surface area contributed by atoms with Gasteiger partial charge in [-0.05, 0) is 56.6 Å². The minimum absolute atomic E-state index is 0.00545. The Balaban J connectivity index is 0.000000807. The van der Waals surface area contributed by atoms with Gasteiger partial charge in [0.15, 0.2) is 5.65 Å². The Morgan fingerprint density at radius 1 is 1.16 bits per heavy atom. The highest BCUT2D eigenvalue weighted by atomic mass is 35.5. The summed E-state index contributed by atoms with van der Waals surface area (Å²) in [6, 6.07) is 8.27. The summed E-state index contributed by atoms with van der Waals surface area (Å²) in [5, 5.41) is 10.2. The average Bonchev–Trinajstić information content (AvgIpc) is 3.43. The van der Waals surface area contributed by atoms with Crippen molar-refractivity contribution in [3.05, 3.63) is 47.4 Å². The molecule has 0 saturated carbocycles. The van der Waals surface area contributed by atoms with Crippen molar-refractivity contribution in [2.45, 2.75) is 44.6 Å². The molecule has 0 aliphatic carbocycles. The highest BCUT2D eigenvalue weighted by molar-refractivity contribution is 7.90. The Hall–Kier alpha value is -2.20. The number of aliphatic hydroxyl groups is 1. The monoisotopic (exact) mass is 467 g/mol. The standard InChI is InChI=1S/C18H19ClN4O3S.C2H6.CH5N/c1-12-4-6-14(7-5-12)27(25,26)23-10-8-15-16(20-18(19)21-17(15)23)22-9-2-3-13(22)11-24;2*1-2/h4-8,10,13,24H,2-3,9,11H2,1H3;1-2H3;2H2,1H3. The van der Waals surface area contributed by atoms with Gasteiger partial charge in [0.05, 0.1) is 22.9 Å². The van der Waals surface area contributed by atoms with Gasteiger partial charge in [0, 0.05) is 12.7 Å². The number of anilines is 1. The molecule has 170 valence electrons. The number of aryl methyl sites for hydroxylation is 1. The van der Waals surface area contributed by atoms with Crippen molar-refractivity contribution < 1.29 is 13.5 Å². The molecule has 0 spiro atoms. The van der Waals surface area contributed by atoms with Crippen LogP contribution in [0.4, 0.5) is 5.82 Å². The quantitative estimate of drug-likeness (QED) is 0.566. The molecule has 3 N–H and O–H groups in total. The van der Waals surface area contributed by atoms with Crippen LogP contribution >= 0.6 is 11.6 Å². The fourth-order valence-corrected chi connectivity index (χ4v) is 4.95. The van der Waals surface area contributed by atoms with Crippen LogP contribution in [-0.2, 0) is 10.0 Å². The molecular formula is C21H30ClN5O3S. The van der Waals surface area contributed by atoms with Gasteiger partial charge in [-0.15, -0.1) is 0 Å². The average molecular weight is 468 g/mol. The van der Waals surface area contributed by atoms with Crippen LogP contribution < -0.4 is 10.6 Å². The molecule has 3 heterocycles. The first kappa shape index (κ1) is 25.1. The topological polar surface area (TPSA) is 114 Å². The SMILES string of the molecule is CC.CN.Cc1ccc(S(=O)(=O)n2ccc3c(N4CCCC4CO)nc(Cl)nc32)cc1. The molecule has 8 nitrogen and oxygen atoms in total. The largest absolute Gasteiger partial charge is 0.394 e. The molecule has 1 fully saturated rings. The van der Waals surface area contributed by atoms with Gasteiger partial charge in [0.1, 0.15) is 5.82 Å². The third kappa shape index (κ3) is 5.01. The first-order valence-corrected chi connectivity index (χ1v) is 12.1. The van der Waals surface area contributed by atoms with Gasteiger partial charge in [-0.3, -0.25) is 0 Å². The van der Waals surface area contributed by atoms with Crippen LogP contribution in [-0.4, -0.2) is 53.7 Å². The molecule has 1 unspecified atom stereocenters. The number of rotatable bonds is 4. The molecule has 2 aromatic heterocycles. The van der Waals surface area contributed by atoms with Crippen molar-refractivity contribution in [1.82, 2.24) is 13.9 Å². The highest BCUT2D eigenvalue weighted by Crippen LogP contribution is 2.32. The summed E-state index contributed by atoms with van der Waals surface area (Å²) in [5.74, 6) is 0.555. The van der Waals surface area contributed by atoms with Crippen LogP contribution in [0.25, 0.3) is 11.0 Å². The van der Waals surface area contributed by atoms with Crippen LogP contribution in [0.2, 0.25) is 5.28 Å². The fraction of sp³-hybridized carbons (Fsp3) is 0.429. The second-order valence-electron chi connectivity index (χ2n) is 6.66. The van der Waals surface area contributed by atoms with Crippen LogP contribution in [0.1, 0.15) is 32.3 Å². The summed E-state index contributed by atoms with van der Waals surface area (Å²) >= 11 is 6.12. The lowest BCUT2D eigenvalue weighted by Gasteiger charge is -2.24. The number of fused-ring (bicyclic) bond motifs is 1. The summed E-state index contributed by atoms with van der Waals surface area (Å²) in [4.78, 5) is 10.6. The Morgan fingerprint density at radius 3 is 2.42 bits per heavy atom.